The Bertz CT molecular complexity index is 552. The molecule has 0 radical (unpaired) electrons. The molecule has 2 N–H and O–H groups in total. The number of carbonyl (C=O) groups is 1. The van der Waals surface area contributed by atoms with Crippen molar-refractivity contribution in [2.45, 2.75) is 12.6 Å². The normalized spacial score (nSPS) is 20.8. The third-order valence-electron chi connectivity index (χ3n) is 4.25. The van der Waals surface area contributed by atoms with E-state index in [2.05, 4.69) is 10.2 Å². The zero-order valence-electron chi connectivity index (χ0n) is 14.4. The Labute approximate surface area is 142 Å². The SMILES string of the molecule is COCC(=O)N[C@@H]1CN(Cc2cccc(OC)c2OC)C[C@H]1CO. The number of ether oxygens (including phenoxy) is 3. The van der Waals surface area contributed by atoms with E-state index in [1.54, 1.807) is 14.2 Å². The largest absolute Gasteiger partial charge is 0.493 e. The minimum atomic E-state index is -0.165. The molecule has 0 unspecified atom stereocenters. The number of nitrogens with one attached hydrogen (secondary N) is 1. The summed E-state index contributed by atoms with van der Waals surface area (Å²) in [5, 5.41) is 12.5. The Hall–Kier alpha value is -1.83. The fourth-order valence-corrected chi connectivity index (χ4v) is 3.14. The van der Waals surface area contributed by atoms with Gasteiger partial charge in [-0.15, -0.1) is 0 Å². The van der Waals surface area contributed by atoms with Crippen molar-refractivity contribution in [1.82, 2.24) is 10.2 Å². The molecular weight excluding hydrogens is 312 g/mol. The third kappa shape index (κ3) is 4.37. The van der Waals surface area contributed by atoms with Crippen LogP contribution >= 0.6 is 0 Å². The molecule has 0 aliphatic carbocycles. The van der Waals surface area contributed by atoms with Gasteiger partial charge in [0, 0.05) is 50.9 Å². The van der Waals surface area contributed by atoms with Gasteiger partial charge in [0.05, 0.1) is 14.2 Å². The number of carbonyl (C=O) groups excluding carboxylic acids is 1. The molecule has 1 aromatic rings. The summed E-state index contributed by atoms with van der Waals surface area (Å²) in [7, 11) is 4.72. The molecule has 2 atom stereocenters. The highest BCUT2D eigenvalue weighted by Gasteiger charge is 2.33. The van der Waals surface area contributed by atoms with Crippen LogP contribution in [-0.4, -0.2) is 69.6 Å². The summed E-state index contributed by atoms with van der Waals surface area (Å²) in [6, 6.07) is 5.69. The zero-order chi connectivity index (χ0) is 17.5. The molecule has 1 amide bonds. The lowest BCUT2D eigenvalue weighted by atomic mass is 10.1. The van der Waals surface area contributed by atoms with E-state index in [1.807, 2.05) is 18.2 Å². The summed E-state index contributed by atoms with van der Waals surface area (Å²) >= 11 is 0. The zero-order valence-corrected chi connectivity index (χ0v) is 14.4. The van der Waals surface area contributed by atoms with E-state index in [0.717, 1.165) is 5.56 Å². The minimum absolute atomic E-state index is 0.00223. The summed E-state index contributed by atoms with van der Waals surface area (Å²) in [5.74, 6) is 1.24. The van der Waals surface area contributed by atoms with E-state index in [-0.39, 0.29) is 31.1 Å². The van der Waals surface area contributed by atoms with Gasteiger partial charge in [0.15, 0.2) is 11.5 Å². The van der Waals surface area contributed by atoms with Crippen LogP contribution in [0, 0.1) is 5.92 Å². The smallest absolute Gasteiger partial charge is 0.246 e. The van der Waals surface area contributed by atoms with Crippen LogP contribution in [0.15, 0.2) is 18.2 Å². The van der Waals surface area contributed by atoms with Gasteiger partial charge in [-0.05, 0) is 6.07 Å². The van der Waals surface area contributed by atoms with Crippen LogP contribution in [0.4, 0.5) is 0 Å². The van der Waals surface area contributed by atoms with Crippen molar-refractivity contribution in [3.05, 3.63) is 23.8 Å². The maximum Gasteiger partial charge on any atom is 0.246 e. The number of nitrogens with zero attached hydrogens (tertiary/aromatic N) is 1. The number of likely N-dealkylation sites (tertiary alicyclic amines) is 1. The molecule has 1 saturated heterocycles. The molecule has 7 heteroatoms. The monoisotopic (exact) mass is 338 g/mol. The number of rotatable bonds is 8. The maximum absolute atomic E-state index is 11.7. The van der Waals surface area contributed by atoms with Crippen molar-refractivity contribution in [3.63, 3.8) is 0 Å². The van der Waals surface area contributed by atoms with E-state index >= 15 is 0 Å². The fourth-order valence-electron chi connectivity index (χ4n) is 3.14. The summed E-state index contributed by atoms with van der Waals surface area (Å²) in [4.78, 5) is 13.9. The Morgan fingerprint density at radius 1 is 1.29 bits per heavy atom. The summed E-state index contributed by atoms with van der Waals surface area (Å²) in [5.41, 5.74) is 1.01. The van der Waals surface area contributed by atoms with E-state index in [1.165, 1.54) is 7.11 Å². The lowest BCUT2D eigenvalue weighted by Crippen LogP contribution is -2.43. The second kappa shape index (κ2) is 8.86. The van der Waals surface area contributed by atoms with E-state index in [4.69, 9.17) is 14.2 Å². The number of aliphatic hydroxyl groups is 1. The Balaban J connectivity index is 2.05. The number of amides is 1. The van der Waals surface area contributed by atoms with Gasteiger partial charge in [-0.1, -0.05) is 12.1 Å². The highest BCUT2D eigenvalue weighted by Crippen LogP contribution is 2.32. The van der Waals surface area contributed by atoms with Gasteiger partial charge < -0.3 is 24.6 Å². The lowest BCUT2D eigenvalue weighted by Gasteiger charge is -2.19. The quantitative estimate of drug-likeness (QED) is 0.708. The summed E-state index contributed by atoms with van der Waals surface area (Å²) in [6.07, 6.45) is 0. The van der Waals surface area contributed by atoms with E-state index < -0.39 is 0 Å². The fraction of sp³-hybridized carbons (Fsp3) is 0.588. The average molecular weight is 338 g/mol. The predicted octanol–water partition coefficient (Wildman–Crippen LogP) is 0.259. The molecule has 0 bridgehead atoms. The first-order chi connectivity index (χ1) is 11.6. The molecule has 1 aliphatic rings. The van der Waals surface area contributed by atoms with Crippen LogP contribution in [0.3, 0.4) is 0 Å². The molecule has 134 valence electrons. The van der Waals surface area contributed by atoms with Crippen molar-refractivity contribution >= 4 is 5.91 Å². The topological polar surface area (TPSA) is 80.3 Å². The van der Waals surface area contributed by atoms with Crippen LogP contribution in [0.5, 0.6) is 11.5 Å². The van der Waals surface area contributed by atoms with Gasteiger partial charge in [-0.2, -0.15) is 0 Å². The lowest BCUT2D eigenvalue weighted by molar-refractivity contribution is -0.125. The van der Waals surface area contributed by atoms with Crippen molar-refractivity contribution in [2.75, 3.05) is 47.6 Å². The van der Waals surface area contributed by atoms with Crippen molar-refractivity contribution < 1.29 is 24.1 Å². The van der Waals surface area contributed by atoms with Gasteiger partial charge in [0.25, 0.3) is 0 Å². The van der Waals surface area contributed by atoms with Gasteiger partial charge >= 0.3 is 0 Å². The number of hydrogen-bond acceptors (Lipinski definition) is 6. The van der Waals surface area contributed by atoms with Crippen LogP contribution < -0.4 is 14.8 Å². The summed E-state index contributed by atoms with van der Waals surface area (Å²) in [6.45, 7) is 2.09. The second-order valence-corrected chi connectivity index (χ2v) is 5.90. The Morgan fingerprint density at radius 2 is 2.08 bits per heavy atom. The van der Waals surface area contributed by atoms with Crippen LogP contribution in [0.1, 0.15) is 5.56 Å². The Morgan fingerprint density at radius 3 is 2.71 bits per heavy atom. The van der Waals surface area contributed by atoms with Gasteiger partial charge in [0.2, 0.25) is 5.91 Å². The molecular formula is C17H26N2O5. The van der Waals surface area contributed by atoms with Crippen molar-refractivity contribution in [3.8, 4) is 11.5 Å². The molecule has 0 spiro atoms. The first kappa shape index (κ1) is 18.5. The minimum Gasteiger partial charge on any atom is -0.493 e. The van der Waals surface area contributed by atoms with Gasteiger partial charge in [-0.3, -0.25) is 9.69 Å². The highest BCUT2D eigenvalue weighted by atomic mass is 16.5. The molecule has 1 fully saturated rings. The molecule has 24 heavy (non-hydrogen) atoms. The third-order valence-corrected chi connectivity index (χ3v) is 4.25. The number of benzene rings is 1. The van der Waals surface area contributed by atoms with Crippen LogP contribution in [0.25, 0.3) is 0 Å². The van der Waals surface area contributed by atoms with Crippen LogP contribution in [0.2, 0.25) is 0 Å². The molecule has 1 aliphatic heterocycles. The molecule has 2 rings (SSSR count). The second-order valence-electron chi connectivity index (χ2n) is 5.90. The van der Waals surface area contributed by atoms with Crippen molar-refractivity contribution in [1.29, 1.82) is 0 Å². The van der Waals surface area contributed by atoms with Crippen molar-refractivity contribution in [2.24, 2.45) is 5.92 Å². The average Bonchev–Trinajstić information content (AvgIpc) is 2.96. The van der Waals surface area contributed by atoms with E-state index in [9.17, 15) is 9.90 Å². The standard InChI is InChI=1S/C17H26N2O5/c1-22-11-16(21)18-14-9-19(8-13(14)10-20)7-12-5-4-6-15(23-2)17(12)24-3/h4-6,13-14,20H,7-11H2,1-3H3,(H,18,21)/t13-,14+/m0/s1. The van der Waals surface area contributed by atoms with Crippen LogP contribution in [-0.2, 0) is 16.1 Å². The molecule has 0 saturated carbocycles. The molecule has 1 aromatic carbocycles. The predicted molar refractivity (Wildman–Crippen MR) is 89.2 cm³/mol. The van der Waals surface area contributed by atoms with Gasteiger partial charge in [-0.25, -0.2) is 0 Å². The highest BCUT2D eigenvalue weighted by molar-refractivity contribution is 5.77. The number of aliphatic hydroxyl groups excluding tert-OH is 1. The van der Waals surface area contributed by atoms with E-state index in [0.29, 0.717) is 31.1 Å². The molecule has 7 nitrogen and oxygen atoms in total. The number of para-hydroxylation sites is 1. The number of methoxy groups -OCH3 is 3. The first-order valence-corrected chi connectivity index (χ1v) is 7.94. The van der Waals surface area contributed by atoms with Gasteiger partial charge in [0.1, 0.15) is 6.61 Å². The first-order valence-electron chi connectivity index (χ1n) is 7.94. The Kier molecular flexibility index (Phi) is 6.84. The molecule has 0 aromatic heterocycles. The number of hydrogen-bond donors (Lipinski definition) is 2. The summed E-state index contributed by atoms with van der Waals surface area (Å²) < 4.78 is 15.6. The molecule has 1 heterocycles. The maximum atomic E-state index is 11.7.